The highest BCUT2D eigenvalue weighted by Crippen LogP contribution is 2.34. The lowest BCUT2D eigenvalue weighted by Crippen LogP contribution is -1.89. The molecule has 0 aliphatic rings. The Morgan fingerprint density at radius 3 is 2.68 bits per heavy atom. The van der Waals surface area contributed by atoms with Crippen LogP contribution in [0, 0.1) is 13.8 Å². The van der Waals surface area contributed by atoms with E-state index >= 15 is 0 Å². The highest BCUT2D eigenvalue weighted by molar-refractivity contribution is 9.10. The van der Waals surface area contributed by atoms with Gasteiger partial charge in [-0.15, -0.1) is 11.3 Å². The van der Waals surface area contributed by atoms with Crippen molar-refractivity contribution in [2.24, 2.45) is 0 Å². The minimum absolute atomic E-state index is 0.770. The third-order valence-corrected chi connectivity index (χ3v) is 5.10. The molecule has 0 aliphatic carbocycles. The first-order chi connectivity index (χ1) is 10.5. The number of rotatable bonds is 3. The number of hydrogen-bond donors (Lipinski definition) is 1. The van der Waals surface area contributed by atoms with Crippen LogP contribution in [0.1, 0.15) is 10.4 Å². The zero-order valence-electron chi connectivity index (χ0n) is 12.2. The molecule has 3 aromatic rings. The number of anilines is 2. The molecule has 3 rings (SSSR count). The number of halogens is 2. The Hall–Kier alpha value is -1.36. The Morgan fingerprint density at radius 1 is 1.14 bits per heavy atom. The van der Waals surface area contributed by atoms with Gasteiger partial charge in [-0.05, 0) is 43.7 Å². The van der Waals surface area contributed by atoms with Gasteiger partial charge in [0.2, 0.25) is 0 Å². The van der Waals surface area contributed by atoms with E-state index in [-0.39, 0.29) is 0 Å². The molecule has 0 saturated carbocycles. The summed E-state index contributed by atoms with van der Waals surface area (Å²) >= 11 is 11.3. The number of benzene rings is 2. The predicted octanol–water partition coefficient (Wildman–Crippen LogP) is 6.59. The van der Waals surface area contributed by atoms with Crippen molar-refractivity contribution in [1.82, 2.24) is 4.98 Å². The van der Waals surface area contributed by atoms with Gasteiger partial charge in [-0.25, -0.2) is 4.98 Å². The average molecular weight is 394 g/mol. The summed E-state index contributed by atoms with van der Waals surface area (Å²) in [6.45, 7) is 4.08. The summed E-state index contributed by atoms with van der Waals surface area (Å²) < 4.78 is 1.04. The maximum atomic E-state index is 6.22. The molecule has 5 heteroatoms. The van der Waals surface area contributed by atoms with E-state index in [1.807, 2.05) is 43.3 Å². The topological polar surface area (TPSA) is 24.9 Å². The number of aromatic nitrogens is 1. The molecule has 112 valence electrons. The van der Waals surface area contributed by atoms with Crippen LogP contribution in [0.5, 0.6) is 0 Å². The SMILES string of the molecule is Cc1ccc(-c2nc(Nc3cccc(Br)c3)sc2C)cc1Cl. The second-order valence-electron chi connectivity index (χ2n) is 5.02. The number of nitrogens with zero attached hydrogens (tertiary/aromatic N) is 1. The van der Waals surface area contributed by atoms with Crippen molar-refractivity contribution in [3.8, 4) is 11.3 Å². The Morgan fingerprint density at radius 2 is 1.95 bits per heavy atom. The van der Waals surface area contributed by atoms with E-state index in [2.05, 4.69) is 34.2 Å². The van der Waals surface area contributed by atoms with E-state index < -0.39 is 0 Å². The second-order valence-corrected chi connectivity index (χ2v) is 7.55. The monoisotopic (exact) mass is 392 g/mol. The van der Waals surface area contributed by atoms with E-state index in [0.717, 1.165) is 42.0 Å². The first-order valence-electron chi connectivity index (χ1n) is 6.79. The molecule has 2 nitrogen and oxygen atoms in total. The lowest BCUT2D eigenvalue weighted by Gasteiger charge is -2.03. The van der Waals surface area contributed by atoms with Crippen LogP contribution < -0.4 is 5.32 Å². The van der Waals surface area contributed by atoms with Gasteiger partial charge in [-0.3, -0.25) is 0 Å². The molecule has 0 unspecified atom stereocenters. The van der Waals surface area contributed by atoms with E-state index in [1.165, 1.54) is 0 Å². The van der Waals surface area contributed by atoms with Crippen LogP contribution >= 0.6 is 38.9 Å². The quantitative estimate of drug-likeness (QED) is 0.543. The fraction of sp³-hybridized carbons (Fsp3) is 0.118. The highest BCUT2D eigenvalue weighted by Gasteiger charge is 2.11. The molecule has 0 fully saturated rings. The van der Waals surface area contributed by atoms with Gasteiger partial charge in [-0.2, -0.15) is 0 Å². The van der Waals surface area contributed by atoms with Gasteiger partial charge in [0.05, 0.1) is 5.69 Å². The second kappa shape index (κ2) is 6.41. The third-order valence-electron chi connectivity index (χ3n) is 3.32. The van der Waals surface area contributed by atoms with Crippen LogP contribution in [0.2, 0.25) is 5.02 Å². The largest absolute Gasteiger partial charge is 0.331 e. The lowest BCUT2D eigenvalue weighted by molar-refractivity contribution is 1.35. The van der Waals surface area contributed by atoms with E-state index in [9.17, 15) is 0 Å². The first kappa shape index (κ1) is 15.5. The van der Waals surface area contributed by atoms with Crippen molar-refractivity contribution in [3.63, 3.8) is 0 Å². The molecular weight excluding hydrogens is 380 g/mol. The first-order valence-corrected chi connectivity index (χ1v) is 8.78. The van der Waals surface area contributed by atoms with E-state index in [0.29, 0.717) is 0 Å². The molecule has 1 heterocycles. The van der Waals surface area contributed by atoms with Gasteiger partial charge in [0, 0.05) is 25.6 Å². The summed E-state index contributed by atoms with van der Waals surface area (Å²) in [4.78, 5) is 5.87. The van der Waals surface area contributed by atoms with Gasteiger partial charge in [-0.1, -0.05) is 45.7 Å². The molecular formula is C17H14BrClN2S. The lowest BCUT2D eigenvalue weighted by atomic mass is 10.1. The smallest absolute Gasteiger partial charge is 0.187 e. The molecule has 0 bridgehead atoms. The van der Waals surface area contributed by atoms with E-state index in [1.54, 1.807) is 11.3 Å². The van der Waals surface area contributed by atoms with Crippen molar-refractivity contribution in [2.75, 3.05) is 5.32 Å². The molecule has 0 spiro atoms. The third kappa shape index (κ3) is 3.35. The standard InChI is InChI=1S/C17H14BrClN2S/c1-10-6-7-12(8-15(10)19)16-11(2)22-17(21-16)20-14-5-3-4-13(18)9-14/h3-9H,1-2H3,(H,20,21). The van der Waals surface area contributed by atoms with Crippen molar-refractivity contribution in [1.29, 1.82) is 0 Å². The predicted molar refractivity (Wildman–Crippen MR) is 99.5 cm³/mol. The molecule has 0 atom stereocenters. The molecule has 0 amide bonds. The van der Waals surface area contributed by atoms with Crippen LogP contribution in [-0.2, 0) is 0 Å². The molecule has 0 saturated heterocycles. The van der Waals surface area contributed by atoms with E-state index in [4.69, 9.17) is 16.6 Å². The van der Waals surface area contributed by atoms with Gasteiger partial charge in [0.1, 0.15) is 0 Å². The molecule has 1 aromatic heterocycles. The zero-order valence-corrected chi connectivity index (χ0v) is 15.3. The van der Waals surface area contributed by atoms with Gasteiger partial charge >= 0.3 is 0 Å². The summed E-state index contributed by atoms with van der Waals surface area (Å²) in [6.07, 6.45) is 0. The molecule has 0 radical (unpaired) electrons. The van der Waals surface area contributed by atoms with Crippen molar-refractivity contribution < 1.29 is 0 Å². The number of aryl methyl sites for hydroxylation is 2. The number of nitrogens with one attached hydrogen (secondary N) is 1. The van der Waals surface area contributed by atoms with Crippen molar-refractivity contribution in [3.05, 3.63) is 62.4 Å². The van der Waals surface area contributed by atoms with Crippen LogP contribution in [0.25, 0.3) is 11.3 Å². The summed E-state index contributed by atoms with van der Waals surface area (Å²) in [6, 6.07) is 14.1. The zero-order chi connectivity index (χ0) is 15.7. The summed E-state index contributed by atoms with van der Waals surface area (Å²) in [5.41, 5.74) is 4.11. The van der Waals surface area contributed by atoms with Gasteiger partial charge in [0.15, 0.2) is 5.13 Å². The summed E-state index contributed by atoms with van der Waals surface area (Å²) in [7, 11) is 0. The van der Waals surface area contributed by atoms with Crippen molar-refractivity contribution >= 4 is 49.7 Å². The maximum Gasteiger partial charge on any atom is 0.187 e. The fourth-order valence-electron chi connectivity index (χ4n) is 2.15. The summed E-state index contributed by atoms with van der Waals surface area (Å²) in [5, 5.41) is 4.99. The molecule has 1 N–H and O–H groups in total. The molecule has 22 heavy (non-hydrogen) atoms. The number of hydrogen-bond acceptors (Lipinski definition) is 3. The highest BCUT2D eigenvalue weighted by atomic mass is 79.9. The fourth-order valence-corrected chi connectivity index (χ4v) is 3.58. The van der Waals surface area contributed by atoms with Gasteiger partial charge < -0.3 is 5.32 Å². The van der Waals surface area contributed by atoms with Crippen LogP contribution in [0.4, 0.5) is 10.8 Å². The molecule has 2 aromatic carbocycles. The minimum Gasteiger partial charge on any atom is -0.331 e. The minimum atomic E-state index is 0.770. The summed E-state index contributed by atoms with van der Waals surface area (Å²) in [5.74, 6) is 0. The van der Waals surface area contributed by atoms with Crippen LogP contribution in [0.3, 0.4) is 0 Å². The maximum absolute atomic E-state index is 6.22. The van der Waals surface area contributed by atoms with Crippen LogP contribution in [-0.4, -0.2) is 4.98 Å². The number of thiazole rings is 1. The normalized spacial score (nSPS) is 10.7. The Labute approximate surface area is 147 Å². The Balaban J connectivity index is 1.92. The van der Waals surface area contributed by atoms with Crippen LogP contribution in [0.15, 0.2) is 46.9 Å². The average Bonchev–Trinajstić information content (AvgIpc) is 2.82. The molecule has 0 aliphatic heterocycles. The Kier molecular flexibility index (Phi) is 4.52. The van der Waals surface area contributed by atoms with Crippen molar-refractivity contribution in [2.45, 2.75) is 13.8 Å². The van der Waals surface area contributed by atoms with Gasteiger partial charge in [0.25, 0.3) is 0 Å². The Bertz CT molecular complexity index is 829.